The van der Waals surface area contributed by atoms with Crippen molar-refractivity contribution in [1.82, 2.24) is 19.5 Å². The molecule has 0 atom stereocenters. The van der Waals surface area contributed by atoms with E-state index in [1.54, 1.807) is 11.9 Å². The number of imidazole rings is 1. The topological polar surface area (TPSA) is 97.8 Å². The van der Waals surface area contributed by atoms with E-state index in [-0.39, 0.29) is 12.2 Å². The molecule has 0 aliphatic rings. The summed E-state index contributed by atoms with van der Waals surface area (Å²) in [5.74, 6) is 0.753. The first-order valence-electron chi connectivity index (χ1n) is 9.77. The fraction of sp³-hybridized carbons (Fsp3) is 0.381. The Labute approximate surface area is 170 Å². The highest BCUT2D eigenvalue weighted by molar-refractivity contribution is 5.67. The van der Waals surface area contributed by atoms with Gasteiger partial charge in [-0.1, -0.05) is 24.3 Å². The zero-order chi connectivity index (χ0) is 20.8. The van der Waals surface area contributed by atoms with Gasteiger partial charge in [0.15, 0.2) is 5.65 Å². The van der Waals surface area contributed by atoms with Gasteiger partial charge in [-0.15, -0.1) is 5.10 Å². The third-order valence-corrected chi connectivity index (χ3v) is 4.47. The molecule has 3 aromatic rings. The van der Waals surface area contributed by atoms with Gasteiger partial charge in [0.05, 0.1) is 18.0 Å². The Morgan fingerprint density at radius 3 is 2.69 bits per heavy atom. The number of nitrogens with one attached hydrogen (secondary N) is 1. The van der Waals surface area contributed by atoms with Crippen molar-refractivity contribution < 1.29 is 9.53 Å². The standard InChI is InChI=1S/C21H28N6O2/c1-15(2)29-21(28)26(3)12-4-11-23-19-9-10-20-24-14-18(27(20)25-19)17-7-5-16(13-22)6-8-17/h5-10,14-15H,4,11-13,22H2,1-3H3,(H,23,25). The first-order valence-corrected chi connectivity index (χ1v) is 9.77. The Balaban J connectivity index is 1.61. The molecular weight excluding hydrogens is 368 g/mol. The third-order valence-electron chi connectivity index (χ3n) is 4.47. The summed E-state index contributed by atoms with van der Waals surface area (Å²) in [5.41, 5.74) is 9.49. The van der Waals surface area contributed by atoms with E-state index in [9.17, 15) is 4.79 Å². The highest BCUT2D eigenvalue weighted by atomic mass is 16.6. The lowest BCUT2D eigenvalue weighted by Gasteiger charge is -2.18. The van der Waals surface area contributed by atoms with Crippen molar-refractivity contribution in [2.24, 2.45) is 5.73 Å². The minimum Gasteiger partial charge on any atom is -0.447 e. The molecule has 8 nitrogen and oxygen atoms in total. The number of carbonyl (C=O) groups excluding carboxylic acids is 1. The molecule has 0 spiro atoms. The van der Waals surface area contributed by atoms with Crippen LogP contribution in [0.15, 0.2) is 42.6 Å². The molecule has 8 heteroatoms. The van der Waals surface area contributed by atoms with E-state index in [4.69, 9.17) is 10.5 Å². The quantitative estimate of drug-likeness (QED) is 0.568. The van der Waals surface area contributed by atoms with Crippen molar-refractivity contribution in [2.75, 3.05) is 25.5 Å². The van der Waals surface area contributed by atoms with Crippen molar-refractivity contribution in [3.05, 3.63) is 48.2 Å². The molecule has 3 N–H and O–H groups in total. The SMILES string of the molecule is CC(C)OC(=O)N(C)CCCNc1ccc2ncc(-c3ccc(CN)cc3)n2n1. The fourth-order valence-corrected chi connectivity index (χ4v) is 2.89. The van der Waals surface area contributed by atoms with Crippen LogP contribution < -0.4 is 11.1 Å². The van der Waals surface area contributed by atoms with Crippen LogP contribution in [0.4, 0.5) is 10.6 Å². The fourth-order valence-electron chi connectivity index (χ4n) is 2.89. The summed E-state index contributed by atoms with van der Waals surface area (Å²) in [6, 6.07) is 11.9. The molecule has 0 aliphatic carbocycles. The van der Waals surface area contributed by atoms with Gasteiger partial charge >= 0.3 is 6.09 Å². The molecule has 1 amide bonds. The molecule has 2 heterocycles. The maximum absolute atomic E-state index is 11.8. The highest BCUT2D eigenvalue weighted by Gasteiger charge is 2.11. The molecule has 0 aliphatic heterocycles. The van der Waals surface area contributed by atoms with Gasteiger partial charge in [-0.25, -0.2) is 14.3 Å². The van der Waals surface area contributed by atoms with Crippen LogP contribution in [-0.4, -0.2) is 51.8 Å². The maximum atomic E-state index is 11.8. The lowest BCUT2D eigenvalue weighted by molar-refractivity contribution is 0.0840. The van der Waals surface area contributed by atoms with Crippen LogP contribution in [0, 0.1) is 0 Å². The molecule has 1 aromatic carbocycles. The summed E-state index contributed by atoms with van der Waals surface area (Å²) in [6.07, 6.45) is 2.18. The molecular formula is C21H28N6O2. The number of nitrogens with zero attached hydrogens (tertiary/aromatic N) is 4. The monoisotopic (exact) mass is 396 g/mol. The van der Waals surface area contributed by atoms with Gasteiger partial charge in [-0.2, -0.15) is 0 Å². The smallest absolute Gasteiger partial charge is 0.409 e. The molecule has 0 saturated heterocycles. The van der Waals surface area contributed by atoms with Gasteiger partial charge in [0.2, 0.25) is 0 Å². The maximum Gasteiger partial charge on any atom is 0.409 e. The van der Waals surface area contributed by atoms with Crippen molar-refractivity contribution in [2.45, 2.75) is 32.9 Å². The zero-order valence-corrected chi connectivity index (χ0v) is 17.1. The number of hydrogen-bond acceptors (Lipinski definition) is 6. The second kappa shape index (κ2) is 9.38. The molecule has 0 saturated carbocycles. The number of hydrogen-bond donors (Lipinski definition) is 2. The van der Waals surface area contributed by atoms with E-state index >= 15 is 0 Å². The number of aromatic nitrogens is 3. The molecule has 0 fully saturated rings. The molecule has 0 unspecified atom stereocenters. The van der Waals surface area contributed by atoms with E-state index < -0.39 is 0 Å². The van der Waals surface area contributed by atoms with Crippen molar-refractivity contribution in [3.63, 3.8) is 0 Å². The van der Waals surface area contributed by atoms with E-state index in [0.29, 0.717) is 19.6 Å². The Kier molecular flexibility index (Phi) is 6.66. The predicted octanol–water partition coefficient (Wildman–Crippen LogP) is 3.13. The van der Waals surface area contributed by atoms with Gasteiger partial charge in [0.25, 0.3) is 0 Å². The number of amides is 1. The summed E-state index contributed by atoms with van der Waals surface area (Å²) in [6.45, 7) is 5.49. The van der Waals surface area contributed by atoms with Gasteiger partial charge in [0.1, 0.15) is 5.82 Å². The number of anilines is 1. The molecule has 3 rings (SSSR count). The van der Waals surface area contributed by atoms with Crippen molar-refractivity contribution >= 4 is 17.6 Å². The van der Waals surface area contributed by atoms with E-state index in [1.807, 2.05) is 61.0 Å². The lowest BCUT2D eigenvalue weighted by Crippen LogP contribution is -2.31. The Morgan fingerprint density at radius 2 is 2.00 bits per heavy atom. The van der Waals surface area contributed by atoms with Crippen LogP contribution in [0.5, 0.6) is 0 Å². The van der Waals surface area contributed by atoms with Crippen LogP contribution >= 0.6 is 0 Å². The summed E-state index contributed by atoms with van der Waals surface area (Å²) in [5, 5.41) is 7.96. The van der Waals surface area contributed by atoms with Crippen LogP contribution in [0.25, 0.3) is 16.9 Å². The van der Waals surface area contributed by atoms with Crippen LogP contribution in [0.2, 0.25) is 0 Å². The number of rotatable bonds is 8. The van der Waals surface area contributed by atoms with Crippen molar-refractivity contribution in [1.29, 1.82) is 0 Å². The zero-order valence-electron chi connectivity index (χ0n) is 17.1. The minimum atomic E-state index is -0.303. The second-order valence-electron chi connectivity index (χ2n) is 7.17. The van der Waals surface area contributed by atoms with E-state index in [2.05, 4.69) is 15.4 Å². The van der Waals surface area contributed by atoms with Crippen LogP contribution in [0.3, 0.4) is 0 Å². The molecule has 0 bridgehead atoms. The average molecular weight is 396 g/mol. The first kappa shape index (κ1) is 20.6. The minimum absolute atomic E-state index is 0.116. The van der Waals surface area contributed by atoms with Crippen LogP contribution in [0.1, 0.15) is 25.8 Å². The highest BCUT2D eigenvalue weighted by Crippen LogP contribution is 2.21. The van der Waals surface area contributed by atoms with E-state index in [1.165, 1.54) is 0 Å². The van der Waals surface area contributed by atoms with Gasteiger partial charge in [0, 0.05) is 32.2 Å². The largest absolute Gasteiger partial charge is 0.447 e. The number of fused-ring (bicyclic) bond motifs is 1. The average Bonchev–Trinajstić information content (AvgIpc) is 3.14. The molecule has 154 valence electrons. The van der Waals surface area contributed by atoms with Gasteiger partial charge in [-0.3, -0.25) is 0 Å². The Bertz CT molecular complexity index is 951. The Hall–Kier alpha value is -3.13. The normalized spacial score (nSPS) is 11.1. The summed E-state index contributed by atoms with van der Waals surface area (Å²) >= 11 is 0. The molecule has 29 heavy (non-hydrogen) atoms. The van der Waals surface area contributed by atoms with Crippen molar-refractivity contribution in [3.8, 4) is 11.3 Å². The first-order chi connectivity index (χ1) is 14.0. The number of nitrogens with two attached hydrogens (primary N) is 1. The molecule has 0 radical (unpaired) electrons. The third kappa shape index (κ3) is 5.23. The molecule has 2 aromatic heterocycles. The van der Waals surface area contributed by atoms with E-state index in [0.717, 1.165) is 34.7 Å². The second-order valence-corrected chi connectivity index (χ2v) is 7.17. The lowest BCUT2D eigenvalue weighted by atomic mass is 10.1. The van der Waals surface area contributed by atoms with Gasteiger partial charge < -0.3 is 20.7 Å². The summed E-state index contributed by atoms with van der Waals surface area (Å²) < 4.78 is 7.00. The summed E-state index contributed by atoms with van der Waals surface area (Å²) in [7, 11) is 1.74. The number of benzene rings is 1. The number of ether oxygens (including phenoxy) is 1. The van der Waals surface area contributed by atoms with Gasteiger partial charge in [-0.05, 0) is 38.0 Å². The number of carbonyl (C=O) groups is 1. The summed E-state index contributed by atoms with van der Waals surface area (Å²) in [4.78, 5) is 17.8. The van der Waals surface area contributed by atoms with Crippen LogP contribution in [-0.2, 0) is 11.3 Å². The predicted molar refractivity (Wildman–Crippen MR) is 114 cm³/mol. The Morgan fingerprint density at radius 1 is 1.24 bits per heavy atom.